The second-order valence-electron chi connectivity index (χ2n) is 5.09. The maximum atomic E-state index is 6.00. The number of rotatable bonds is 5. The predicted molar refractivity (Wildman–Crippen MR) is 76.7 cm³/mol. The number of nitrogens with zero attached hydrogens (tertiary/aromatic N) is 1. The van der Waals surface area contributed by atoms with Gasteiger partial charge in [-0.3, -0.25) is 4.90 Å². The van der Waals surface area contributed by atoms with Crippen molar-refractivity contribution in [3.63, 3.8) is 0 Å². The molecule has 4 heteroatoms. The highest BCUT2D eigenvalue weighted by Crippen LogP contribution is 2.34. The van der Waals surface area contributed by atoms with Crippen molar-refractivity contribution in [1.29, 1.82) is 0 Å². The Morgan fingerprint density at radius 2 is 2.05 bits per heavy atom. The van der Waals surface area contributed by atoms with Crippen LogP contribution in [0.3, 0.4) is 0 Å². The smallest absolute Gasteiger partial charge is 0.161 e. The zero-order chi connectivity index (χ0) is 13.8. The molecule has 1 aliphatic heterocycles. The maximum Gasteiger partial charge on any atom is 0.161 e. The van der Waals surface area contributed by atoms with Crippen molar-refractivity contribution >= 4 is 0 Å². The molecule has 1 aliphatic rings. The van der Waals surface area contributed by atoms with Crippen LogP contribution in [0.15, 0.2) is 18.2 Å². The molecule has 2 atom stereocenters. The molecule has 1 heterocycles. The Labute approximate surface area is 115 Å². The van der Waals surface area contributed by atoms with E-state index in [1.807, 2.05) is 12.1 Å². The fourth-order valence-corrected chi connectivity index (χ4v) is 2.94. The molecule has 0 amide bonds. The number of ether oxygens (including phenoxy) is 2. The summed E-state index contributed by atoms with van der Waals surface area (Å²) in [7, 11) is 3.32. The van der Waals surface area contributed by atoms with Crippen molar-refractivity contribution in [3.8, 4) is 11.5 Å². The van der Waals surface area contributed by atoms with Crippen molar-refractivity contribution in [2.45, 2.75) is 31.8 Å². The highest BCUT2D eigenvalue weighted by Gasteiger charge is 2.28. The van der Waals surface area contributed by atoms with Gasteiger partial charge >= 0.3 is 0 Å². The van der Waals surface area contributed by atoms with Crippen molar-refractivity contribution in [1.82, 2.24) is 4.90 Å². The number of hydrogen-bond acceptors (Lipinski definition) is 4. The Morgan fingerprint density at radius 1 is 1.32 bits per heavy atom. The monoisotopic (exact) mass is 264 g/mol. The molecule has 1 fully saturated rings. The summed E-state index contributed by atoms with van der Waals surface area (Å²) in [4.78, 5) is 2.49. The number of likely N-dealkylation sites (tertiary alicyclic amines) is 1. The quantitative estimate of drug-likeness (QED) is 0.885. The molecule has 0 aromatic heterocycles. The van der Waals surface area contributed by atoms with Crippen molar-refractivity contribution in [3.05, 3.63) is 23.8 Å². The van der Waals surface area contributed by atoms with E-state index in [0.29, 0.717) is 12.6 Å². The van der Waals surface area contributed by atoms with Crippen molar-refractivity contribution < 1.29 is 9.47 Å². The Hall–Kier alpha value is -1.26. The average molecular weight is 264 g/mol. The molecule has 1 saturated heterocycles. The Morgan fingerprint density at radius 3 is 2.58 bits per heavy atom. The van der Waals surface area contributed by atoms with Crippen LogP contribution < -0.4 is 15.2 Å². The first kappa shape index (κ1) is 14.2. The molecule has 0 aliphatic carbocycles. The lowest BCUT2D eigenvalue weighted by atomic mass is 10.0. The van der Waals surface area contributed by atoms with E-state index in [0.717, 1.165) is 18.0 Å². The SMILES string of the molecule is COc1ccc(C(CN)N2CCCC2C)cc1OC. The van der Waals surface area contributed by atoms with Gasteiger partial charge < -0.3 is 15.2 Å². The molecule has 0 radical (unpaired) electrons. The van der Waals surface area contributed by atoms with E-state index in [-0.39, 0.29) is 6.04 Å². The average Bonchev–Trinajstić information content (AvgIpc) is 2.86. The van der Waals surface area contributed by atoms with Gasteiger partial charge in [-0.2, -0.15) is 0 Å². The Kier molecular flexibility index (Phi) is 4.66. The minimum Gasteiger partial charge on any atom is -0.493 e. The predicted octanol–water partition coefficient (Wildman–Crippen LogP) is 2.19. The van der Waals surface area contributed by atoms with Gasteiger partial charge in [0.1, 0.15) is 0 Å². The summed E-state index contributed by atoms with van der Waals surface area (Å²) in [5.74, 6) is 1.53. The summed E-state index contributed by atoms with van der Waals surface area (Å²) in [6.45, 7) is 4.02. The lowest BCUT2D eigenvalue weighted by Crippen LogP contribution is -2.36. The molecule has 106 valence electrons. The minimum absolute atomic E-state index is 0.261. The third-order valence-electron chi connectivity index (χ3n) is 4.02. The summed E-state index contributed by atoms with van der Waals surface area (Å²) in [6, 6.07) is 6.95. The van der Waals surface area contributed by atoms with Crippen LogP contribution in [-0.2, 0) is 0 Å². The van der Waals surface area contributed by atoms with E-state index in [9.17, 15) is 0 Å². The van der Waals surface area contributed by atoms with Crippen LogP contribution in [0.25, 0.3) is 0 Å². The Balaban J connectivity index is 2.27. The molecular weight excluding hydrogens is 240 g/mol. The van der Waals surface area contributed by atoms with E-state index < -0.39 is 0 Å². The van der Waals surface area contributed by atoms with Crippen LogP contribution in [-0.4, -0.2) is 38.3 Å². The van der Waals surface area contributed by atoms with Gasteiger partial charge in [0.15, 0.2) is 11.5 Å². The van der Waals surface area contributed by atoms with Crippen LogP contribution in [0, 0.1) is 0 Å². The third kappa shape index (κ3) is 2.85. The van der Waals surface area contributed by atoms with Gasteiger partial charge in [-0.25, -0.2) is 0 Å². The van der Waals surface area contributed by atoms with Gasteiger partial charge in [0.05, 0.1) is 14.2 Å². The van der Waals surface area contributed by atoms with Crippen molar-refractivity contribution in [2.24, 2.45) is 5.73 Å². The number of methoxy groups -OCH3 is 2. The number of benzene rings is 1. The molecule has 0 bridgehead atoms. The summed E-state index contributed by atoms with van der Waals surface area (Å²) in [5.41, 5.74) is 7.20. The molecule has 4 nitrogen and oxygen atoms in total. The second-order valence-corrected chi connectivity index (χ2v) is 5.09. The van der Waals surface area contributed by atoms with E-state index >= 15 is 0 Å². The summed E-state index contributed by atoms with van der Waals surface area (Å²) in [5, 5.41) is 0. The van der Waals surface area contributed by atoms with E-state index in [4.69, 9.17) is 15.2 Å². The summed E-state index contributed by atoms with van der Waals surface area (Å²) >= 11 is 0. The van der Waals surface area contributed by atoms with Gasteiger partial charge in [0.2, 0.25) is 0 Å². The van der Waals surface area contributed by atoms with Crippen molar-refractivity contribution in [2.75, 3.05) is 27.3 Å². The molecular formula is C15H24N2O2. The molecule has 2 N–H and O–H groups in total. The fraction of sp³-hybridized carbons (Fsp3) is 0.600. The van der Waals surface area contributed by atoms with Crippen LogP contribution in [0.4, 0.5) is 0 Å². The van der Waals surface area contributed by atoms with Crippen LogP contribution in [0.1, 0.15) is 31.4 Å². The van der Waals surface area contributed by atoms with Gasteiger partial charge in [-0.15, -0.1) is 0 Å². The van der Waals surface area contributed by atoms with Gasteiger partial charge in [-0.1, -0.05) is 6.07 Å². The van der Waals surface area contributed by atoms with Crippen LogP contribution >= 0.6 is 0 Å². The van der Waals surface area contributed by atoms with E-state index in [1.165, 1.54) is 18.4 Å². The topological polar surface area (TPSA) is 47.7 Å². The lowest BCUT2D eigenvalue weighted by molar-refractivity contribution is 0.195. The van der Waals surface area contributed by atoms with Crippen LogP contribution in [0.5, 0.6) is 11.5 Å². The first-order valence-corrected chi connectivity index (χ1v) is 6.89. The van der Waals surface area contributed by atoms with Gasteiger partial charge in [0, 0.05) is 18.6 Å². The fourth-order valence-electron chi connectivity index (χ4n) is 2.94. The number of hydrogen-bond donors (Lipinski definition) is 1. The first-order valence-electron chi connectivity index (χ1n) is 6.89. The molecule has 19 heavy (non-hydrogen) atoms. The molecule has 0 spiro atoms. The molecule has 2 rings (SSSR count). The standard InChI is InChI=1S/C15H24N2O2/c1-11-5-4-8-17(11)13(10-16)12-6-7-14(18-2)15(9-12)19-3/h6-7,9,11,13H,4-5,8,10,16H2,1-3H3. The van der Waals surface area contributed by atoms with E-state index in [2.05, 4.69) is 17.9 Å². The highest BCUT2D eigenvalue weighted by molar-refractivity contribution is 5.44. The molecule has 2 unspecified atom stereocenters. The third-order valence-corrected chi connectivity index (χ3v) is 4.02. The molecule has 1 aromatic carbocycles. The summed E-state index contributed by atoms with van der Waals surface area (Å²) in [6.07, 6.45) is 2.51. The number of nitrogens with two attached hydrogens (primary N) is 1. The van der Waals surface area contributed by atoms with Gasteiger partial charge in [-0.05, 0) is 44.0 Å². The molecule has 1 aromatic rings. The second kappa shape index (κ2) is 6.26. The maximum absolute atomic E-state index is 6.00. The highest BCUT2D eigenvalue weighted by atomic mass is 16.5. The van der Waals surface area contributed by atoms with Crippen LogP contribution in [0.2, 0.25) is 0 Å². The summed E-state index contributed by atoms with van der Waals surface area (Å²) < 4.78 is 10.7. The van der Waals surface area contributed by atoms with E-state index in [1.54, 1.807) is 14.2 Å². The normalized spacial score (nSPS) is 21.4. The minimum atomic E-state index is 0.261. The first-order chi connectivity index (χ1) is 9.21. The molecule has 0 saturated carbocycles. The lowest BCUT2D eigenvalue weighted by Gasteiger charge is -2.31. The largest absolute Gasteiger partial charge is 0.493 e. The van der Waals surface area contributed by atoms with Gasteiger partial charge in [0.25, 0.3) is 0 Å². The zero-order valence-corrected chi connectivity index (χ0v) is 12.1. The zero-order valence-electron chi connectivity index (χ0n) is 12.1. The Bertz CT molecular complexity index is 423.